The maximum absolute atomic E-state index is 12.8. The van der Waals surface area contributed by atoms with Gasteiger partial charge in [-0.15, -0.1) is 0 Å². The van der Waals surface area contributed by atoms with Crippen LogP contribution in [0.5, 0.6) is 0 Å². The van der Waals surface area contributed by atoms with Crippen molar-refractivity contribution in [2.45, 2.75) is 37.8 Å². The number of carboxylic acid groups (broad SMARTS) is 1. The number of hydrogen-bond donors (Lipinski definition) is 3. The van der Waals surface area contributed by atoms with E-state index in [9.17, 15) is 14.4 Å². The zero-order valence-corrected chi connectivity index (χ0v) is 18.4. The summed E-state index contributed by atoms with van der Waals surface area (Å²) in [6, 6.07) is 5.35. The van der Waals surface area contributed by atoms with E-state index in [0.717, 1.165) is 18.4 Å². The van der Waals surface area contributed by atoms with Crippen molar-refractivity contribution in [2.75, 3.05) is 38.2 Å². The molecule has 1 fully saturated rings. The smallest absolute Gasteiger partial charge is 0.410 e. The van der Waals surface area contributed by atoms with E-state index < -0.39 is 18.0 Å². The van der Waals surface area contributed by atoms with Crippen LogP contribution in [0.2, 0.25) is 0 Å². The molecule has 0 spiro atoms. The molecule has 178 valence electrons. The van der Waals surface area contributed by atoms with Gasteiger partial charge < -0.3 is 30.1 Å². The van der Waals surface area contributed by atoms with Crippen molar-refractivity contribution >= 4 is 23.8 Å². The molecule has 0 radical (unpaired) electrons. The number of carboxylic acids is 1. The lowest BCUT2D eigenvalue weighted by atomic mass is 10.1. The molecule has 2 aliphatic rings. The number of likely N-dealkylation sites (tertiary alicyclic amines) is 1. The molecule has 1 aliphatic heterocycles. The minimum Gasteiger partial charge on any atom is -0.481 e. The van der Waals surface area contributed by atoms with Crippen molar-refractivity contribution in [1.29, 1.82) is 0 Å². The number of pyridine rings is 1. The van der Waals surface area contributed by atoms with Crippen LogP contribution in [0.25, 0.3) is 0 Å². The van der Waals surface area contributed by atoms with Crippen LogP contribution in [0.3, 0.4) is 0 Å². The standard InChI is InChI=1S/C23H30N4O6/c28-21(25-11-9-22(29)30)16-32-19-12-18(13-26-20-8-4-5-10-24-20)27(14-19)23(31)33-15-17-6-2-1-3-7-17/h1-2,4-6,8,10,18-19H,3,7,9,11-16H2,(H,24,26)(H,25,28)(H,29,30). The third kappa shape index (κ3) is 8.23. The maximum atomic E-state index is 12.8. The van der Waals surface area contributed by atoms with E-state index in [1.54, 1.807) is 11.1 Å². The van der Waals surface area contributed by atoms with Crippen molar-refractivity contribution < 1.29 is 29.0 Å². The maximum Gasteiger partial charge on any atom is 0.410 e. The SMILES string of the molecule is O=C(O)CCNC(=O)COC1CC(CNc2ccccn2)N(C(=O)OCC2=CC=CCC2)C1. The molecule has 3 N–H and O–H groups in total. The molecular formula is C23H30N4O6. The van der Waals surface area contributed by atoms with Crippen molar-refractivity contribution in [2.24, 2.45) is 0 Å². The Labute approximate surface area is 192 Å². The van der Waals surface area contributed by atoms with E-state index in [1.807, 2.05) is 30.4 Å². The number of anilines is 1. The van der Waals surface area contributed by atoms with Crippen molar-refractivity contribution in [1.82, 2.24) is 15.2 Å². The molecule has 2 atom stereocenters. The Balaban J connectivity index is 1.52. The van der Waals surface area contributed by atoms with Crippen molar-refractivity contribution in [3.05, 3.63) is 48.2 Å². The van der Waals surface area contributed by atoms with Gasteiger partial charge in [0.2, 0.25) is 5.91 Å². The largest absolute Gasteiger partial charge is 0.481 e. The average Bonchev–Trinajstić information content (AvgIpc) is 3.24. The number of carbonyl (C=O) groups excluding carboxylic acids is 2. The summed E-state index contributed by atoms with van der Waals surface area (Å²) >= 11 is 0. The Hall–Kier alpha value is -3.40. The lowest BCUT2D eigenvalue weighted by Crippen LogP contribution is -2.40. The Kier molecular flexibility index (Phi) is 9.25. The molecule has 10 heteroatoms. The molecule has 1 aromatic heterocycles. The molecule has 2 unspecified atom stereocenters. The van der Waals surface area contributed by atoms with Gasteiger partial charge in [-0.2, -0.15) is 0 Å². The monoisotopic (exact) mass is 458 g/mol. The highest BCUT2D eigenvalue weighted by Gasteiger charge is 2.37. The lowest BCUT2D eigenvalue weighted by Gasteiger charge is -2.24. The lowest BCUT2D eigenvalue weighted by molar-refractivity contribution is -0.137. The van der Waals surface area contributed by atoms with Crippen molar-refractivity contribution in [3.8, 4) is 0 Å². The second-order valence-corrected chi connectivity index (χ2v) is 7.91. The summed E-state index contributed by atoms with van der Waals surface area (Å²) in [5.41, 5.74) is 1.07. The van der Waals surface area contributed by atoms with E-state index in [2.05, 4.69) is 21.7 Å². The van der Waals surface area contributed by atoms with Crippen LogP contribution in [0.1, 0.15) is 25.7 Å². The minimum atomic E-state index is -0.982. The average molecular weight is 459 g/mol. The summed E-state index contributed by atoms with van der Waals surface area (Å²) in [5, 5.41) is 14.4. The van der Waals surface area contributed by atoms with Gasteiger partial charge in [0.05, 0.1) is 25.1 Å². The molecular weight excluding hydrogens is 428 g/mol. The van der Waals surface area contributed by atoms with Gasteiger partial charge in [-0.25, -0.2) is 9.78 Å². The first kappa shape index (κ1) is 24.2. The number of carbonyl (C=O) groups is 3. The first-order valence-corrected chi connectivity index (χ1v) is 11.0. The Bertz CT molecular complexity index is 873. The third-order valence-electron chi connectivity index (χ3n) is 5.39. The number of ether oxygens (including phenoxy) is 2. The molecule has 2 heterocycles. The topological polar surface area (TPSA) is 130 Å². The number of hydrogen-bond acceptors (Lipinski definition) is 7. The van der Waals surface area contributed by atoms with Crippen LogP contribution in [0.15, 0.2) is 48.2 Å². The van der Waals surface area contributed by atoms with Gasteiger partial charge in [-0.05, 0) is 37.0 Å². The molecule has 0 bridgehead atoms. The number of aromatic nitrogens is 1. The van der Waals surface area contributed by atoms with Gasteiger partial charge in [0.25, 0.3) is 0 Å². The molecule has 0 aromatic carbocycles. The fourth-order valence-electron chi connectivity index (χ4n) is 3.66. The normalized spacial score (nSPS) is 19.6. The van der Waals surface area contributed by atoms with Gasteiger partial charge >= 0.3 is 12.1 Å². The Morgan fingerprint density at radius 3 is 2.88 bits per heavy atom. The van der Waals surface area contributed by atoms with E-state index in [-0.39, 0.29) is 38.3 Å². The number of nitrogens with one attached hydrogen (secondary N) is 2. The van der Waals surface area contributed by atoms with Crippen LogP contribution in [-0.4, -0.2) is 78.0 Å². The zero-order valence-electron chi connectivity index (χ0n) is 18.4. The van der Waals surface area contributed by atoms with Gasteiger partial charge in [0.1, 0.15) is 19.0 Å². The zero-order chi connectivity index (χ0) is 23.5. The molecule has 0 saturated carbocycles. The molecule has 1 aromatic rings. The number of allylic oxidation sites excluding steroid dienone is 3. The fraction of sp³-hybridized carbons (Fsp3) is 0.478. The van der Waals surface area contributed by atoms with Crippen LogP contribution in [0.4, 0.5) is 10.6 Å². The highest BCUT2D eigenvalue weighted by atomic mass is 16.6. The molecule has 10 nitrogen and oxygen atoms in total. The number of amides is 2. The van der Waals surface area contributed by atoms with Crippen molar-refractivity contribution in [3.63, 3.8) is 0 Å². The molecule has 2 amide bonds. The fourth-order valence-corrected chi connectivity index (χ4v) is 3.66. The summed E-state index contributed by atoms with van der Waals surface area (Å²) in [4.78, 5) is 41.1. The quantitative estimate of drug-likeness (QED) is 0.459. The predicted octanol–water partition coefficient (Wildman–Crippen LogP) is 1.96. The van der Waals surface area contributed by atoms with E-state index >= 15 is 0 Å². The summed E-state index contributed by atoms with van der Waals surface area (Å²) in [5.74, 6) is -0.672. The second kappa shape index (κ2) is 12.6. The molecule has 1 aliphatic carbocycles. The van der Waals surface area contributed by atoms with Gasteiger partial charge in [-0.3, -0.25) is 9.59 Å². The summed E-state index contributed by atoms with van der Waals surface area (Å²) in [6.07, 6.45) is 9.12. The first-order valence-electron chi connectivity index (χ1n) is 11.0. The van der Waals surface area contributed by atoms with Gasteiger partial charge in [-0.1, -0.05) is 24.3 Å². The van der Waals surface area contributed by atoms with E-state index in [1.165, 1.54) is 0 Å². The Morgan fingerprint density at radius 2 is 2.15 bits per heavy atom. The number of aliphatic carboxylic acids is 1. The van der Waals surface area contributed by atoms with Crippen LogP contribution >= 0.6 is 0 Å². The molecule has 3 rings (SSSR count). The summed E-state index contributed by atoms with van der Waals surface area (Å²) < 4.78 is 11.3. The third-order valence-corrected chi connectivity index (χ3v) is 5.39. The minimum absolute atomic E-state index is 0.0440. The predicted molar refractivity (Wildman–Crippen MR) is 121 cm³/mol. The van der Waals surface area contributed by atoms with E-state index in [0.29, 0.717) is 25.3 Å². The van der Waals surface area contributed by atoms with Crippen LogP contribution < -0.4 is 10.6 Å². The summed E-state index contributed by atoms with van der Waals surface area (Å²) in [7, 11) is 0. The number of nitrogens with zero attached hydrogens (tertiary/aromatic N) is 2. The van der Waals surface area contributed by atoms with Crippen LogP contribution in [-0.2, 0) is 19.1 Å². The van der Waals surface area contributed by atoms with E-state index in [4.69, 9.17) is 14.6 Å². The highest BCUT2D eigenvalue weighted by molar-refractivity contribution is 5.78. The number of rotatable bonds is 11. The second-order valence-electron chi connectivity index (χ2n) is 7.91. The first-order chi connectivity index (χ1) is 16.0. The molecule has 1 saturated heterocycles. The highest BCUT2D eigenvalue weighted by Crippen LogP contribution is 2.23. The van der Waals surface area contributed by atoms with Gasteiger partial charge in [0, 0.05) is 19.3 Å². The summed E-state index contributed by atoms with van der Waals surface area (Å²) in [6.45, 7) is 0.851. The molecule has 33 heavy (non-hydrogen) atoms. The van der Waals surface area contributed by atoms with Gasteiger partial charge in [0.15, 0.2) is 0 Å². The van der Waals surface area contributed by atoms with Crippen LogP contribution in [0, 0.1) is 0 Å². The Morgan fingerprint density at radius 1 is 1.27 bits per heavy atom.